The van der Waals surface area contributed by atoms with Gasteiger partial charge in [0.05, 0.1) is 4.32 Å². The van der Waals surface area contributed by atoms with Crippen LogP contribution in [0.4, 0.5) is 0 Å². The molecule has 0 bridgehead atoms. The molecule has 0 aliphatic heterocycles. The molecule has 0 aromatic rings. The first-order valence-corrected chi connectivity index (χ1v) is 5.56. The molecular formula is C5H13PS2. The first kappa shape index (κ1) is 9.13. The van der Waals surface area contributed by atoms with Gasteiger partial charge in [0.15, 0.2) is 0 Å². The van der Waals surface area contributed by atoms with E-state index in [1.165, 1.54) is 11.5 Å². The number of hydrogen-bond donors (Lipinski definition) is 0. The zero-order chi connectivity index (χ0) is 6.41. The van der Waals surface area contributed by atoms with Crippen molar-refractivity contribution < 1.29 is 0 Å². The maximum Gasteiger partial charge on any atom is 0.0638 e. The van der Waals surface area contributed by atoms with Gasteiger partial charge < -0.3 is 0 Å². The summed E-state index contributed by atoms with van der Waals surface area (Å²) in [4.78, 5) is 0. The number of thioether (sulfide) groups is 2. The van der Waals surface area contributed by atoms with Crippen molar-refractivity contribution >= 4 is 32.8 Å². The Bertz CT molecular complexity index is 43.7. The van der Waals surface area contributed by atoms with Crippen LogP contribution in [0.1, 0.15) is 13.8 Å². The molecule has 0 N–H and O–H groups in total. The van der Waals surface area contributed by atoms with Crippen LogP contribution in [0.15, 0.2) is 0 Å². The highest BCUT2D eigenvalue weighted by Gasteiger charge is 1.96. The molecule has 1 atom stereocenters. The van der Waals surface area contributed by atoms with E-state index in [1.807, 2.05) is 23.5 Å². The SMILES string of the molecule is CCSC(P)SCC. The van der Waals surface area contributed by atoms with Crippen molar-refractivity contribution in [2.24, 2.45) is 0 Å². The van der Waals surface area contributed by atoms with Gasteiger partial charge >= 0.3 is 0 Å². The molecule has 0 radical (unpaired) electrons. The highest BCUT2D eigenvalue weighted by molar-refractivity contribution is 8.21. The molecule has 0 aromatic heterocycles. The molecule has 3 heteroatoms. The quantitative estimate of drug-likeness (QED) is 0.467. The molecule has 0 aromatic carbocycles. The van der Waals surface area contributed by atoms with Crippen LogP contribution >= 0.6 is 32.8 Å². The van der Waals surface area contributed by atoms with Crippen LogP contribution in [0.3, 0.4) is 0 Å². The predicted molar refractivity (Wildman–Crippen MR) is 49.8 cm³/mol. The summed E-state index contributed by atoms with van der Waals surface area (Å²) in [6.45, 7) is 4.38. The lowest BCUT2D eigenvalue weighted by atomic mass is 11.0. The fourth-order valence-corrected chi connectivity index (χ4v) is 3.39. The van der Waals surface area contributed by atoms with Crippen molar-refractivity contribution in [3.05, 3.63) is 0 Å². The molecule has 0 rings (SSSR count). The largest absolute Gasteiger partial charge is 0.144 e. The summed E-state index contributed by atoms with van der Waals surface area (Å²) < 4.78 is 0.713. The van der Waals surface area contributed by atoms with Crippen molar-refractivity contribution in [2.45, 2.75) is 18.2 Å². The van der Waals surface area contributed by atoms with Crippen LogP contribution in [0.5, 0.6) is 0 Å². The fraction of sp³-hybridized carbons (Fsp3) is 1.00. The Morgan fingerprint density at radius 3 is 1.88 bits per heavy atom. The summed E-state index contributed by atoms with van der Waals surface area (Å²) in [6.07, 6.45) is 0. The van der Waals surface area contributed by atoms with Crippen LogP contribution in [-0.2, 0) is 0 Å². The third-order valence-electron chi connectivity index (χ3n) is 0.662. The highest BCUT2D eigenvalue weighted by atomic mass is 32.2. The molecule has 0 aliphatic carbocycles. The molecule has 8 heavy (non-hydrogen) atoms. The van der Waals surface area contributed by atoms with E-state index < -0.39 is 0 Å². The zero-order valence-corrected chi connectivity index (χ0v) is 8.17. The summed E-state index contributed by atoms with van der Waals surface area (Å²) in [6, 6.07) is 0. The minimum Gasteiger partial charge on any atom is -0.144 e. The van der Waals surface area contributed by atoms with Gasteiger partial charge in [-0.15, -0.1) is 32.8 Å². The lowest BCUT2D eigenvalue weighted by Gasteiger charge is -2.05. The van der Waals surface area contributed by atoms with Gasteiger partial charge in [0.1, 0.15) is 0 Å². The van der Waals surface area contributed by atoms with Crippen LogP contribution in [0, 0.1) is 0 Å². The standard InChI is InChI=1S/C5H13PS2/c1-3-7-5(6)8-4-2/h5H,3-4,6H2,1-2H3. The van der Waals surface area contributed by atoms with Gasteiger partial charge in [-0.1, -0.05) is 13.8 Å². The smallest absolute Gasteiger partial charge is 0.0638 e. The van der Waals surface area contributed by atoms with Gasteiger partial charge in [-0.05, 0) is 11.5 Å². The molecular weight excluding hydrogens is 155 g/mol. The molecule has 0 aliphatic rings. The molecule has 0 nitrogen and oxygen atoms in total. The Balaban J connectivity index is 2.92. The Labute approximate surface area is 62.8 Å². The summed E-state index contributed by atoms with van der Waals surface area (Å²) in [5, 5.41) is 0. The third-order valence-corrected chi connectivity index (χ3v) is 3.96. The fourth-order valence-electron chi connectivity index (χ4n) is 0.377. The highest BCUT2D eigenvalue weighted by Crippen LogP contribution is 2.28. The van der Waals surface area contributed by atoms with E-state index in [4.69, 9.17) is 0 Å². The first-order chi connectivity index (χ1) is 3.81. The van der Waals surface area contributed by atoms with Crippen molar-refractivity contribution in [3.63, 3.8) is 0 Å². The van der Waals surface area contributed by atoms with Gasteiger partial charge in [0.2, 0.25) is 0 Å². The van der Waals surface area contributed by atoms with E-state index >= 15 is 0 Å². The summed E-state index contributed by atoms with van der Waals surface area (Å²) in [5.74, 6) is 2.45. The number of rotatable bonds is 4. The van der Waals surface area contributed by atoms with Gasteiger partial charge in [-0.3, -0.25) is 0 Å². The van der Waals surface area contributed by atoms with E-state index in [0.717, 1.165) is 0 Å². The molecule has 0 saturated heterocycles. The van der Waals surface area contributed by atoms with Crippen LogP contribution in [0.2, 0.25) is 0 Å². The van der Waals surface area contributed by atoms with Crippen LogP contribution < -0.4 is 0 Å². The molecule has 0 fully saturated rings. The maximum absolute atomic E-state index is 2.83. The lowest BCUT2D eigenvalue weighted by Crippen LogP contribution is -1.83. The summed E-state index contributed by atoms with van der Waals surface area (Å²) in [5.41, 5.74) is 0. The van der Waals surface area contributed by atoms with E-state index in [2.05, 4.69) is 23.1 Å². The van der Waals surface area contributed by atoms with Crippen molar-refractivity contribution in [1.29, 1.82) is 0 Å². The van der Waals surface area contributed by atoms with E-state index in [-0.39, 0.29) is 0 Å². The summed E-state index contributed by atoms with van der Waals surface area (Å²) in [7, 11) is 2.83. The topological polar surface area (TPSA) is 0 Å². The third kappa shape index (κ3) is 5.27. The maximum atomic E-state index is 2.83. The van der Waals surface area contributed by atoms with Crippen molar-refractivity contribution in [1.82, 2.24) is 0 Å². The second-order valence-electron chi connectivity index (χ2n) is 1.28. The monoisotopic (exact) mass is 168 g/mol. The Morgan fingerprint density at radius 2 is 1.62 bits per heavy atom. The summed E-state index contributed by atoms with van der Waals surface area (Å²) >= 11 is 3.96. The second kappa shape index (κ2) is 6.25. The van der Waals surface area contributed by atoms with Crippen molar-refractivity contribution in [3.8, 4) is 0 Å². The average Bonchev–Trinajstić information content (AvgIpc) is 1.68. The van der Waals surface area contributed by atoms with E-state index in [0.29, 0.717) is 4.32 Å². The van der Waals surface area contributed by atoms with E-state index in [9.17, 15) is 0 Å². The Hall–Kier alpha value is 1.13. The molecule has 50 valence electrons. The van der Waals surface area contributed by atoms with Crippen molar-refractivity contribution in [2.75, 3.05) is 11.5 Å². The minimum atomic E-state index is 0.713. The van der Waals surface area contributed by atoms with E-state index in [1.54, 1.807) is 0 Å². The Kier molecular flexibility index (Phi) is 7.14. The Morgan fingerprint density at radius 1 is 1.25 bits per heavy atom. The minimum absolute atomic E-state index is 0.713. The van der Waals surface area contributed by atoms with Gasteiger partial charge in [0.25, 0.3) is 0 Å². The van der Waals surface area contributed by atoms with Crippen LogP contribution in [-0.4, -0.2) is 15.8 Å². The molecule has 0 spiro atoms. The van der Waals surface area contributed by atoms with Gasteiger partial charge in [0, 0.05) is 0 Å². The lowest BCUT2D eigenvalue weighted by molar-refractivity contribution is 1.51. The van der Waals surface area contributed by atoms with Crippen LogP contribution in [0.25, 0.3) is 0 Å². The second-order valence-corrected chi connectivity index (χ2v) is 6.05. The average molecular weight is 168 g/mol. The predicted octanol–water partition coefficient (Wildman–Crippen LogP) is 2.65. The normalized spacial score (nSPS) is 10.5. The van der Waals surface area contributed by atoms with Gasteiger partial charge in [-0.2, -0.15) is 0 Å². The molecule has 0 saturated carbocycles. The zero-order valence-electron chi connectivity index (χ0n) is 5.39. The van der Waals surface area contributed by atoms with Gasteiger partial charge in [-0.25, -0.2) is 0 Å². The molecule has 0 amide bonds. The number of hydrogen-bond acceptors (Lipinski definition) is 2. The molecule has 1 unspecified atom stereocenters. The molecule has 0 heterocycles. The first-order valence-electron chi connectivity index (χ1n) is 2.80.